The molecule has 132 valence electrons. The van der Waals surface area contributed by atoms with E-state index < -0.39 is 37.9 Å². The van der Waals surface area contributed by atoms with Crippen molar-refractivity contribution in [1.29, 1.82) is 0 Å². The van der Waals surface area contributed by atoms with Gasteiger partial charge < -0.3 is 36.5 Å². The summed E-state index contributed by atoms with van der Waals surface area (Å²) in [6, 6.07) is -2.30. The number of carboxylic acids is 2. The van der Waals surface area contributed by atoms with Crippen molar-refractivity contribution in [1.82, 2.24) is 9.97 Å². The molecule has 12 nitrogen and oxygen atoms in total. The number of nitrogens with zero attached hydrogens (tertiary/aromatic N) is 1. The Morgan fingerprint density at radius 3 is 2.26 bits per heavy atom. The molecular formula is C10H19N4O8P. The van der Waals surface area contributed by atoms with E-state index in [1.54, 1.807) is 6.20 Å². The van der Waals surface area contributed by atoms with Crippen LogP contribution in [-0.2, 0) is 25.1 Å². The van der Waals surface area contributed by atoms with Gasteiger partial charge >= 0.3 is 19.8 Å². The molecule has 0 fully saturated rings. The molecule has 0 saturated heterocycles. The summed E-state index contributed by atoms with van der Waals surface area (Å²) >= 11 is 0. The zero-order valence-corrected chi connectivity index (χ0v) is 13.0. The summed E-state index contributed by atoms with van der Waals surface area (Å²) in [6.07, 6.45) is 2.10. The molecule has 0 aromatic carbocycles. The van der Waals surface area contributed by atoms with Crippen molar-refractivity contribution < 1.29 is 38.7 Å². The van der Waals surface area contributed by atoms with Crippen LogP contribution in [0.15, 0.2) is 12.5 Å². The van der Waals surface area contributed by atoms with E-state index in [-0.39, 0.29) is 6.42 Å². The lowest BCUT2D eigenvalue weighted by Gasteiger charge is -2.16. The minimum atomic E-state index is -4.66. The van der Waals surface area contributed by atoms with Gasteiger partial charge in [0.05, 0.1) is 12.4 Å². The lowest BCUT2D eigenvalue weighted by molar-refractivity contribution is -0.141. The Labute approximate surface area is 130 Å². The second-order valence-electron chi connectivity index (χ2n) is 4.39. The highest BCUT2D eigenvalue weighted by molar-refractivity contribution is 7.46. The van der Waals surface area contributed by atoms with Crippen LogP contribution in [0.3, 0.4) is 0 Å². The lowest BCUT2D eigenvalue weighted by Crippen LogP contribution is -2.41. The predicted molar refractivity (Wildman–Crippen MR) is 76.1 cm³/mol. The van der Waals surface area contributed by atoms with Gasteiger partial charge in [-0.15, -0.1) is 0 Å². The van der Waals surface area contributed by atoms with E-state index in [1.165, 1.54) is 6.33 Å². The quantitative estimate of drug-likeness (QED) is 0.272. The number of imidazole rings is 1. The first-order valence-electron chi connectivity index (χ1n) is 6.12. The topological polar surface area (TPSA) is 222 Å². The molecule has 1 aromatic heterocycles. The van der Waals surface area contributed by atoms with Crippen molar-refractivity contribution in [2.75, 3.05) is 0 Å². The predicted octanol–water partition coefficient (Wildman–Crippen LogP) is -1.74. The van der Waals surface area contributed by atoms with Crippen molar-refractivity contribution in [3.63, 3.8) is 0 Å². The van der Waals surface area contributed by atoms with Gasteiger partial charge in [-0.1, -0.05) is 0 Å². The Morgan fingerprint density at radius 1 is 1.35 bits per heavy atom. The average molecular weight is 354 g/mol. The van der Waals surface area contributed by atoms with Crippen molar-refractivity contribution in [3.8, 4) is 0 Å². The number of aromatic amines is 1. The number of hydrogen-bond acceptors (Lipinski definition) is 7. The molecule has 0 bridgehead atoms. The number of phosphoric ester groups is 1. The Morgan fingerprint density at radius 2 is 1.91 bits per heavy atom. The summed E-state index contributed by atoms with van der Waals surface area (Å²) in [7, 11) is -4.66. The Hall–Kier alpha value is -1.82. The number of carboxylic acid groups (broad SMARTS) is 2. The van der Waals surface area contributed by atoms with Crippen molar-refractivity contribution in [3.05, 3.63) is 18.2 Å². The summed E-state index contributed by atoms with van der Waals surface area (Å²) in [5, 5.41) is 16.7. The molecule has 0 spiro atoms. The van der Waals surface area contributed by atoms with Crippen LogP contribution in [0, 0.1) is 0 Å². The maximum absolute atomic E-state index is 10.3. The Balaban J connectivity index is 0.000000422. The SMILES string of the molecule is CC(OP(=O)(O)O)C(N)C(=O)O.NC(Cc1cnc[nH]1)C(=O)O. The van der Waals surface area contributed by atoms with Crippen LogP contribution in [-0.4, -0.2) is 60.1 Å². The number of aliphatic carboxylic acids is 2. The van der Waals surface area contributed by atoms with Gasteiger partial charge in [-0.05, 0) is 6.92 Å². The average Bonchev–Trinajstić information content (AvgIpc) is 2.89. The standard InChI is InChI=1S/C6H9N3O2.C4H10NO6P/c7-5(6(10)11)1-4-2-8-3-9-4;1-2(3(5)4(6)7)11-12(8,9)10/h2-3,5H,1,7H2,(H,8,9)(H,10,11);2-3H,5H2,1H3,(H,6,7)(H2,8,9,10). The number of nitrogens with one attached hydrogen (secondary N) is 1. The van der Waals surface area contributed by atoms with Gasteiger partial charge in [0.1, 0.15) is 12.1 Å². The van der Waals surface area contributed by atoms with Crippen LogP contribution in [0.1, 0.15) is 12.6 Å². The van der Waals surface area contributed by atoms with Crippen LogP contribution in [0.2, 0.25) is 0 Å². The fourth-order valence-corrected chi connectivity index (χ4v) is 1.77. The first-order valence-corrected chi connectivity index (χ1v) is 7.65. The molecule has 0 amide bonds. The fraction of sp³-hybridized carbons (Fsp3) is 0.500. The molecule has 0 saturated carbocycles. The number of carbonyl (C=O) groups is 2. The van der Waals surface area contributed by atoms with Gasteiger partial charge in [-0.25, -0.2) is 9.55 Å². The maximum Gasteiger partial charge on any atom is 0.469 e. The minimum Gasteiger partial charge on any atom is -0.480 e. The van der Waals surface area contributed by atoms with E-state index in [2.05, 4.69) is 14.5 Å². The van der Waals surface area contributed by atoms with Crippen molar-refractivity contribution in [2.24, 2.45) is 11.5 Å². The monoisotopic (exact) mass is 354 g/mol. The number of nitrogens with two attached hydrogens (primary N) is 2. The normalized spacial score (nSPS) is 15.0. The number of hydrogen-bond donors (Lipinski definition) is 7. The molecule has 1 aromatic rings. The zero-order valence-electron chi connectivity index (χ0n) is 12.1. The molecule has 3 atom stereocenters. The molecule has 1 heterocycles. The summed E-state index contributed by atoms with van der Waals surface area (Å²) in [5.41, 5.74) is 11.0. The molecule has 1 rings (SSSR count). The minimum absolute atomic E-state index is 0.287. The third-order valence-corrected chi connectivity index (χ3v) is 3.01. The summed E-state index contributed by atoms with van der Waals surface area (Å²) in [4.78, 5) is 43.5. The molecule has 9 N–H and O–H groups in total. The second kappa shape index (κ2) is 9.35. The van der Waals surface area contributed by atoms with Crippen molar-refractivity contribution >= 4 is 19.8 Å². The summed E-state index contributed by atoms with van der Waals surface area (Å²) in [5.74, 6) is -2.38. The van der Waals surface area contributed by atoms with Crippen LogP contribution in [0.25, 0.3) is 0 Å². The first kappa shape index (κ1) is 21.2. The van der Waals surface area contributed by atoms with E-state index in [0.29, 0.717) is 0 Å². The number of phosphoric acid groups is 1. The maximum atomic E-state index is 10.3. The number of H-pyrrole nitrogens is 1. The third-order valence-electron chi connectivity index (χ3n) is 2.41. The van der Waals surface area contributed by atoms with E-state index in [1.807, 2.05) is 0 Å². The lowest BCUT2D eigenvalue weighted by atomic mass is 10.2. The van der Waals surface area contributed by atoms with Crippen LogP contribution < -0.4 is 11.5 Å². The highest BCUT2D eigenvalue weighted by Gasteiger charge is 2.27. The summed E-state index contributed by atoms with van der Waals surface area (Å²) < 4.78 is 14.2. The van der Waals surface area contributed by atoms with Crippen LogP contribution in [0.4, 0.5) is 0 Å². The van der Waals surface area contributed by atoms with Gasteiger partial charge in [0.15, 0.2) is 0 Å². The third kappa shape index (κ3) is 9.73. The molecule has 23 heavy (non-hydrogen) atoms. The van der Waals surface area contributed by atoms with Crippen LogP contribution >= 0.6 is 7.82 Å². The number of aromatic nitrogens is 2. The van der Waals surface area contributed by atoms with Gasteiger partial charge in [0.25, 0.3) is 0 Å². The smallest absolute Gasteiger partial charge is 0.469 e. The largest absolute Gasteiger partial charge is 0.480 e. The van der Waals surface area contributed by atoms with Crippen LogP contribution in [0.5, 0.6) is 0 Å². The fourth-order valence-electron chi connectivity index (χ4n) is 1.20. The van der Waals surface area contributed by atoms with Gasteiger partial charge in [0.2, 0.25) is 0 Å². The molecule has 0 aliphatic rings. The van der Waals surface area contributed by atoms with E-state index >= 15 is 0 Å². The highest BCUT2D eigenvalue weighted by Crippen LogP contribution is 2.37. The second-order valence-corrected chi connectivity index (χ2v) is 5.58. The zero-order chi connectivity index (χ0) is 18.2. The molecular weight excluding hydrogens is 335 g/mol. The summed E-state index contributed by atoms with van der Waals surface area (Å²) in [6.45, 7) is 1.16. The van der Waals surface area contributed by atoms with Crippen molar-refractivity contribution in [2.45, 2.75) is 31.5 Å². The van der Waals surface area contributed by atoms with Gasteiger partial charge in [-0.3, -0.25) is 14.1 Å². The van der Waals surface area contributed by atoms with E-state index in [0.717, 1.165) is 12.6 Å². The van der Waals surface area contributed by atoms with E-state index in [9.17, 15) is 14.2 Å². The molecule has 0 aliphatic heterocycles. The Bertz CT molecular complexity index is 545. The molecule has 0 radical (unpaired) electrons. The number of rotatable bonds is 7. The molecule has 13 heteroatoms. The molecule has 3 unspecified atom stereocenters. The van der Waals surface area contributed by atoms with E-state index in [4.69, 9.17) is 31.5 Å². The van der Waals surface area contributed by atoms with Gasteiger partial charge in [-0.2, -0.15) is 0 Å². The Kier molecular flexibility index (Phi) is 8.61. The highest BCUT2D eigenvalue weighted by atomic mass is 31.2. The first-order chi connectivity index (χ1) is 10.4. The molecule has 0 aliphatic carbocycles. The van der Waals surface area contributed by atoms with Gasteiger partial charge in [0, 0.05) is 18.3 Å².